The second-order valence-electron chi connectivity index (χ2n) is 3.44. The number of aromatic nitrogens is 1. The quantitative estimate of drug-likeness (QED) is 0.774. The second kappa shape index (κ2) is 5.53. The van der Waals surface area contributed by atoms with Crippen LogP contribution >= 0.6 is 50.7 Å². The summed E-state index contributed by atoms with van der Waals surface area (Å²) >= 11 is 21.2. The van der Waals surface area contributed by atoms with Crippen molar-refractivity contribution in [3.63, 3.8) is 0 Å². The molecule has 94 valence electrons. The van der Waals surface area contributed by atoms with E-state index in [-0.39, 0.29) is 5.82 Å². The number of benzene rings is 1. The molecule has 3 N–H and O–H groups in total. The molecule has 0 amide bonds. The Hall–Kier alpha value is -0.680. The van der Waals surface area contributed by atoms with Gasteiger partial charge >= 0.3 is 0 Å². The van der Waals surface area contributed by atoms with Crippen molar-refractivity contribution in [2.24, 2.45) is 0 Å². The minimum Gasteiger partial charge on any atom is -0.382 e. The van der Waals surface area contributed by atoms with Crippen LogP contribution in [0.2, 0.25) is 15.1 Å². The van der Waals surface area contributed by atoms with Crippen LogP contribution in [0.4, 0.5) is 17.3 Å². The van der Waals surface area contributed by atoms with Gasteiger partial charge in [-0.05, 0) is 40.2 Å². The van der Waals surface area contributed by atoms with Gasteiger partial charge in [0.1, 0.15) is 5.82 Å². The first kappa shape index (κ1) is 13.7. The molecule has 0 atom stereocenters. The van der Waals surface area contributed by atoms with E-state index in [1.54, 1.807) is 12.1 Å². The van der Waals surface area contributed by atoms with E-state index in [1.807, 2.05) is 6.07 Å². The van der Waals surface area contributed by atoms with Crippen LogP contribution in [0, 0.1) is 0 Å². The second-order valence-corrected chi connectivity index (χ2v) is 5.54. The fraction of sp³-hybridized carbons (Fsp3) is 0. The van der Waals surface area contributed by atoms with Gasteiger partial charge in [-0.1, -0.05) is 34.8 Å². The summed E-state index contributed by atoms with van der Waals surface area (Å²) in [5.41, 5.74) is 6.37. The van der Waals surface area contributed by atoms with E-state index < -0.39 is 0 Å². The molecule has 2 aromatic rings. The van der Waals surface area contributed by atoms with Crippen LogP contribution in [-0.4, -0.2) is 4.98 Å². The number of hydrogen-bond acceptors (Lipinski definition) is 3. The molecule has 7 heteroatoms. The molecule has 0 radical (unpaired) electrons. The average Bonchev–Trinajstić information content (AvgIpc) is 2.30. The van der Waals surface area contributed by atoms with Crippen LogP contribution < -0.4 is 11.1 Å². The van der Waals surface area contributed by atoms with Crippen molar-refractivity contribution in [3.05, 3.63) is 43.8 Å². The van der Waals surface area contributed by atoms with Crippen LogP contribution in [0.3, 0.4) is 0 Å². The van der Waals surface area contributed by atoms with Crippen molar-refractivity contribution in [2.45, 2.75) is 0 Å². The van der Waals surface area contributed by atoms with Gasteiger partial charge in [0.2, 0.25) is 0 Å². The maximum atomic E-state index is 6.03. The van der Waals surface area contributed by atoms with E-state index >= 15 is 0 Å². The van der Waals surface area contributed by atoms with Crippen molar-refractivity contribution in [1.29, 1.82) is 0 Å². The topological polar surface area (TPSA) is 50.9 Å². The Bertz CT molecular complexity index is 604. The highest BCUT2D eigenvalue weighted by Crippen LogP contribution is 2.33. The van der Waals surface area contributed by atoms with Gasteiger partial charge in [0, 0.05) is 9.50 Å². The number of nitrogens with two attached hydrogens (primary N) is 1. The Morgan fingerprint density at radius 3 is 2.56 bits per heavy atom. The summed E-state index contributed by atoms with van der Waals surface area (Å²) < 4.78 is 0.832. The summed E-state index contributed by atoms with van der Waals surface area (Å²) in [4.78, 5) is 4.08. The van der Waals surface area contributed by atoms with Gasteiger partial charge in [-0.15, -0.1) is 0 Å². The van der Waals surface area contributed by atoms with Crippen molar-refractivity contribution < 1.29 is 0 Å². The molecule has 18 heavy (non-hydrogen) atoms. The van der Waals surface area contributed by atoms with Crippen molar-refractivity contribution in [1.82, 2.24) is 4.98 Å². The molecule has 0 aliphatic carbocycles. The zero-order valence-corrected chi connectivity index (χ0v) is 12.7. The molecule has 3 nitrogen and oxygen atoms in total. The minimum absolute atomic E-state index is 0.210. The summed E-state index contributed by atoms with van der Waals surface area (Å²) in [6, 6.07) is 6.86. The highest BCUT2D eigenvalue weighted by Gasteiger charge is 2.09. The highest BCUT2D eigenvalue weighted by molar-refractivity contribution is 9.10. The van der Waals surface area contributed by atoms with Crippen molar-refractivity contribution in [2.75, 3.05) is 11.1 Å². The van der Waals surface area contributed by atoms with Gasteiger partial charge in [-0.2, -0.15) is 0 Å². The van der Waals surface area contributed by atoms with E-state index in [1.165, 1.54) is 6.07 Å². The third kappa shape index (κ3) is 3.01. The Morgan fingerprint density at radius 1 is 1.11 bits per heavy atom. The molecular formula is C11H7BrCl3N3. The fourth-order valence-corrected chi connectivity index (χ4v) is 2.21. The van der Waals surface area contributed by atoms with Gasteiger partial charge in [-0.25, -0.2) is 4.98 Å². The highest BCUT2D eigenvalue weighted by atomic mass is 79.9. The third-order valence-electron chi connectivity index (χ3n) is 2.14. The number of hydrogen-bond donors (Lipinski definition) is 2. The first-order valence-corrected chi connectivity index (χ1v) is 6.73. The van der Waals surface area contributed by atoms with Crippen LogP contribution in [0.5, 0.6) is 0 Å². The molecule has 1 heterocycles. The van der Waals surface area contributed by atoms with E-state index in [0.29, 0.717) is 20.9 Å². The predicted molar refractivity (Wildman–Crippen MR) is 81.1 cm³/mol. The molecule has 0 fully saturated rings. The molecule has 1 aromatic carbocycles. The van der Waals surface area contributed by atoms with Crippen LogP contribution in [0.25, 0.3) is 0 Å². The van der Waals surface area contributed by atoms with Crippen molar-refractivity contribution in [3.8, 4) is 0 Å². The molecule has 0 aliphatic rings. The first-order valence-electron chi connectivity index (χ1n) is 4.81. The molecule has 1 aromatic heterocycles. The Morgan fingerprint density at radius 2 is 1.83 bits per heavy atom. The summed E-state index contributed by atoms with van der Waals surface area (Å²) in [6.45, 7) is 0. The number of nitrogens with one attached hydrogen (secondary N) is 1. The first-order chi connectivity index (χ1) is 8.47. The monoisotopic (exact) mass is 365 g/mol. The SMILES string of the molecule is Nc1nc(Nc2cc(Cl)ccc2Br)c(Cl)cc1Cl. The van der Waals surface area contributed by atoms with E-state index in [4.69, 9.17) is 40.5 Å². The van der Waals surface area contributed by atoms with Crippen molar-refractivity contribution >= 4 is 68.1 Å². The maximum Gasteiger partial charge on any atom is 0.151 e. The largest absolute Gasteiger partial charge is 0.382 e. The molecule has 0 saturated heterocycles. The molecule has 0 unspecified atom stereocenters. The van der Waals surface area contributed by atoms with Crippen LogP contribution in [-0.2, 0) is 0 Å². The lowest BCUT2D eigenvalue weighted by Gasteiger charge is -2.11. The Labute approximate surface area is 127 Å². The molecular weight excluding hydrogens is 360 g/mol. The van der Waals surface area contributed by atoms with E-state index in [0.717, 1.165) is 10.2 Å². The van der Waals surface area contributed by atoms with Gasteiger partial charge < -0.3 is 11.1 Å². The summed E-state index contributed by atoms with van der Waals surface area (Å²) in [6.07, 6.45) is 0. The third-order valence-corrected chi connectivity index (χ3v) is 3.66. The smallest absolute Gasteiger partial charge is 0.151 e. The number of anilines is 3. The number of halogens is 4. The normalized spacial score (nSPS) is 10.4. The van der Waals surface area contributed by atoms with Crippen LogP contribution in [0.15, 0.2) is 28.7 Å². The Kier molecular flexibility index (Phi) is 4.22. The standard InChI is InChI=1S/C11H7BrCl3N3/c12-6-2-1-5(13)3-9(6)17-11-8(15)4-7(14)10(16)18-11/h1-4H,(H3,16,17,18). The summed E-state index contributed by atoms with van der Waals surface area (Å²) in [7, 11) is 0. The van der Waals surface area contributed by atoms with Gasteiger partial charge in [0.25, 0.3) is 0 Å². The Balaban J connectivity index is 2.40. The zero-order valence-electron chi connectivity index (χ0n) is 8.85. The lowest BCUT2D eigenvalue weighted by molar-refractivity contribution is 1.31. The van der Waals surface area contributed by atoms with Crippen LogP contribution in [0.1, 0.15) is 0 Å². The fourth-order valence-electron chi connectivity index (χ4n) is 1.29. The molecule has 0 aliphatic heterocycles. The van der Waals surface area contributed by atoms with Gasteiger partial charge in [0.15, 0.2) is 5.82 Å². The predicted octanol–water partition coefficient (Wildman–Crippen LogP) is 5.13. The molecule has 0 saturated carbocycles. The number of rotatable bonds is 2. The molecule has 0 spiro atoms. The maximum absolute atomic E-state index is 6.03. The average molecular weight is 367 g/mol. The van der Waals surface area contributed by atoms with Gasteiger partial charge in [-0.3, -0.25) is 0 Å². The molecule has 0 bridgehead atoms. The van der Waals surface area contributed by atoms with E-state index in [9.17, 15) is 0 Å². The number of pyridine rings is 1. The minimum atomic E-state index is 0.210. The summed E-state index contributed by atoms with van der Waals surface area (Å²) in [5, 5.41) is 4.32. The van der Waals surface area contributed by atoms with Gasteiger partial charge in [0.05, 0.1) is 15.7 Å². The lowest BCUT2D eigenvalue weighted by atomic mass is 10.3. The number of nitrogens with zero attached hydrogens (tertiary/aromatic N) is 1. The summed E-state index contributed by atoms with van der Waals surface area (Å²) in [5.74, 6) is 0.628. The zero-order chi connectivity index (χ0) is 13.3. The molecule has 2 rings (SSSR count). The lowest BCUT2D eigenvalue weighted by Crippen LogP contribution is -1.99. The number of nitrogen functional groups attached to an aromatic ring is 1. The van der Waals surface area contributed by atoms with E-state index in [2.05, 4.69) is 26.2 Å².